The highest BCUT2D eigenvalue weighted by Crippen LogP contribution is 2.38. The van der Waals surface area contributed by atoms with Crippen LogP contribution in [-0.2, 0) is 12.8 Å². The number of hydrogen-bond acceptors (Lipinski definition) is 8. The molecule has 0 atom stereocenters. The lowest BCUT2D eigenvalue weighted by Gasteiger charge is -2.13. The molecule has 0 spiro atoms. The van der Waals surface area contributed by atoms with Crippen LogP contribution in [0, 0.1) is 17.6 Å². The van der Waals surface area contributed by atoms with Gasteiger partial charge in [-0.3, -0.25) is 0 Å². The Balaban J connectivity index is 0.000000199. The Labute approximate surface area is 335 Å². The molecule has 0 saturated carbocycles. The molecule has 6 nitrogen and oxygen atoms in total. The summed E-state index contributed by atoms with van der Waals surface area (Å²) in [5.74, 6) is -0.282. The molecule has 8 aromatic rings. The van der Waals surface area contributed by atoms with Gasteiger partial charge in [0, 0.05) is 67.6 Å². The average molecular weight is 819 g/mol. The van der Waals surface area contributed by atoms with Crippen molar-refractivity contribution in [3.63, 3.8) is 0 Å². The second-order valence-electron chi connectivity index (χ2n) is 12.1. The van der Waals surface area contributed by atoms with Crippen molar-refractivity contribution >= 4 is 72.1 Å². The fourth-order valence-corrected chi connectivity index (χ4v) is 7.75. The van der Waals surface area contributed by atoms with Gasteiger partial charge in [0.15, 0.2) is 0 Å². The Kier molecular flexibility index (Phi) is 14.0. The van der Waals surface area contributed by atoms with Gasteiger partial charge in [-0.2, -0.15) is 4.39 Å². The van der Waals surface area contributed by atoms with E-state index in [2.05, 4.69) is 19.9 Å². The van der Waals surface area contributed by atoms with Crippen molar-refractivity contribution in [3.8, 4) is 22.3 Å². The quantitative estimate of drug-likeness (QED) is 0.161. The fourth-order valence-electron chi connectivity index (χ4n) is 5.87. The second kappa shape index (κ2) is 18.6. The molecule has 8 rings (SSSR count). The first-order valence-electron chi connectivity index (χ1n) is 16.4. The maximum absolute atomic E-state index is 15.5. The number of nitrogens with zero attached hydrogens (tertiary/aromatic N) is 5. The summed E-state index contributed by atoms with van der Waals surface area (Å²) >= 11 is 15.2. The standard InChI is InChI=1S/C21H17ClFN3S.C19H11ClF2N2S.CH4O.CH4/c1-26(2)18-7-6-13(11-24-18)8-15-10-17-21(25-12-27-17)19(20(15)23)14-4-3-5-16(22)9-14;20-14-3-1-2-12(7-14)17-18(22)13(8-15-19(17)24-10-25-15)6-11-4-5-16(21)23-9-11;1-2;/h3-7,9-12H,8H2,1-2H3;1-5,7-10H,6H2;2H,1H3;1H4. The molecule has 0 unspecified atom stereocenters. The van der Waals surface area contributed by atoms with Crippen molar-refractivity contribution in [2.45, 2.75) is 20.3 Å². The third kappa shape index (κ3) is 9.49. The molecule has 1 N–H and O–H groups in total. The zero-order valence-electron chi connectivity index (χ0n) is 29.2. The summed E-state index contributed by atoms with van der Waals surface area (Å²) in [4.78, 5) is 18.7. The highest BCUT2D eigenvalue weighted by molar-refractivity contribution is 7.17. The van der Waals surface area contributed by atoms with Crippen LogP contribution in [-0.4, -0.2) is 46.2 Å². The summed E-state index contributed by atoms with van der Waals surface area (Å²) in [5, 5.41) is 8.11. The van der Waals surface area contributed by atoms with E-state index in [1.165, 1.54) is 34.9 Å². The van der Waals surface area contributed by atoms with Gasteiger partial charge in [0.25, 0.3) is 0 Å². The van der Waals surface area contributed by atoms with Crippen LogP contribution in [0.4, 0.5) is 19.0 Å². The van der Waals surface area contributed by atoms with Crippen LogP contribution in [0.1, 0.15) is 29.7 Å². The van der Waals surface area contributed by atoms with Gasteiger partial charge in [-0.15, -0.1) is 22.7 Å². The summed E-state index contributed by atoms with van der Waals surface area (Å²) in [6.07, 6.45) is 4.00. The van der Waals surface area contributed by atoms with Gasteiger partial charge in [-0.05, 0) is 81.9 Å². The predicted molar refractivity (Wildman–Crippen MR) is 223 cm³/mol. The van der Waals surface area contributed by atoms with Crippen LogP contribution in [0.15, 0.2) is 108 Å². The maximum Gasteiger partial charge on any atom is 0.212 e. The Hall–Kier alpha value is -4.91. The molecule has 0 saturated heterocycles. The van der Waals surface area contributed by atoms with Gasteiger partial charge in [0.1, 0.15) is 17.5 Å². The van der Waals surface area contributed by atoms with Crippen molar-refractivity contribution in [3.05, 3.63) is 158 Å². The molecule has 0 amide bonds. The molecule has 0 aliphatic heterocycles. The number of pyridine rings is 2. The first-order valence-corrected chi connectivity index (χ1v) is 18.9. The molecule has 13 heteroatoms. The van der Waals surface area contributed by atoms with Gasteiger partial charge in [-0.1, -0.05) is 67.0 Å². The van der Waals surface area contributed by atoms with E-state index < -0.39 is 5.95 Å². The zero-order valence-corrected chi connectivity index (χ0v) is 32.3. The van der Waals surface area contributed by atoms with Gasteiger partial charge in [0.05, 0.1) is 31.5 Å². The van der Waals surface area contributed by atoms with Crippen LogP contribution in [0.2, 0.25) is 10.0 Å². The third-order valence-electron chi connectivity index (χ3n) is 8.35. The molecule has 4 aromatic carbocycles. The van der Waals surface area contributed by atoms with Gasteiger partial charge in [0.2, 0.25) is 5.95 Å². The molecular weight excluding hydrogens is 783 g/mol. The van der Waals surface area contributed by atoms with E-state index in [-0.39, 0.29) is 19.1 Å². The monoisotopic (exact) mass is 817 g/mol. The number of anilines is 1. The number of aliphatic hydroxyl groups excluding tert-OH is 1. The lowest BCUT2D eigenvalue weighted by atomic mass is 9.97. The molecule has 0 aliphatic carbocycles. The molecule has 0 radical (unpaired) electrons. The van der Waals surface area contributed by atoms with Crippen LogP contribution >= 0.6 is 45.9 Å². The maximum atomic E-state index is 15.5. The van der Waals surface area contributed by atoms with E-state index in [0.29, 0.717) is 61.7 Å². The molecule has 0 bridgehead atoms. The van der Waals surface area contributed by atoms with Crippen LogP contribution in [0.25, 0.3) is 42.7 Å². The molecule has 4 aromatic heterocycles. The van der Waals surface area contributed by atoms with Crippen LogP contribution < -0.4 is 4.90 Å². The highest BCUT2D eigenvalue weighted by Gasteiger charge is 2.19. The van der Waals surface area contributed by atoms with E-state index in [0.717, 1.165) is 39.0 Å². The second-order valence-corrected chi connectivity index (χ2v) is 14.8. The summed E-state index contributed by atoms with van der Waals surface area (Å²) in [6.45, 7) is 0. The van der Waals surface area contributed by atoms with E-state index in [1.54, 1.807) is 59.7 Å². The molecule has 4 heterocycles. The Bertz CT molecular complexity index is 2530. The van der Waals surface area contributed by atoms with Gasteiger partial charge in [-0.25, -0.2) is 28.7 Å². The lowest BCUT2D eigenvalue weighted by molar-refractivity contribution is 0.399. The summed E-state index contributed by atoms with van der Waals surface area (Å²) in [5.41, 5.74) is 9.92. The molecular formula is C42H36Cl2F3N5OS2. The van der Waals surface area contributed by atoms with Crippen molar-refractivity contribution in [2.24, 2.45) is 0 Å². The van der Waals surface area contributed by atoms with E-state index in [4.69, 9.17) is 28.3 Å². The van der Waals surface area contributed by atoms with Crippen LogP contribution in [0.3, 0.4) is 0 Å². The van der Waals surface area contributed by atoms with Crippen molar-refractivity contribution in [1.82, 2.24) is 19.9 Å². The fraction of sp³-hybridized carbons (Fsp3) is 0.143. The number of hydrogen-bond donors (Lipinski definition) is 1. The van der Waals surface area contributed by atoms with Crippen molar-refractivity contribution in [1.29, 1.82) is 0 Å². The molecule has 282 valence electrons. The van der Waals surface area contributed by atoms with Crippen molar-refractivity contribution in [2.75, 3.05) is 26.1 Å². The van der Waals surface area contributed by atoms with Gasteiger partial charge >= 0.3 is 0 Å². The Morgan fingerprint density at radius 3 is 1.49 bits per heavy atom. The molecule has 0 fully saturated rings. The van der Waals surface area contributed by atoms with Gasteiger partial charge < -0.3 is 10.0 Å². The Morgan fingerprint density at radius 1 is 0.618 bits per heavy atom. The number of thiazole rings is 2. The normalized spacial score (nSPS) is 10.6. The van der Waals surface area contributed by atoms with E-state index in [1.807, 2.05) is 55.4 Å². The number of benzene rings is 4. The highest BCUT2D eigenvalue weighted by atomic mass is 35.5. The van der Waals surface area contributed by atoms with Crippen molar-refractivity contribution < 1.29 is 18.3 Å². The summed E-state index contributed by atoms with van der Waals surface area (Å²) in [7, 11) is 4.88. The largest absolute Gasteiger partial charge is 0.400 e. The molecule has 0 aliphatic rings. The first kappa shape index (κ1) is 41.3. The number of halogens is 5. The number of aromatic nitrogens is 4. The summed E-state index contributed by atoms with van der Waals surface area (Å²) in [6, 6.07) is 24.8. The van der Waals surface area contributed by atoms with E-state index >= 15 is 8.78 Å². The number of fused-ring (bicyclic) bond motifs is 2. The van der Waals surface area contributed by atoms with E-state index in [9.17, 15) is 4.39 Å². The average Bonchev–Trinajstić information content (AvgIpc) is 3.84. The number of rotatable bonds is 7. The lowest BCUT2D eigenvalue weighted by Crippen LogP contribution is -2.10. The topological polar surface area (TPSA) is 75.0 Å². The number of aliphatic hydroxyl groups is 1. The smallest absolute Gasteiger partial charge is 0.212 e. The molecule has 55 heavy (non-hydrogen) atoms. The Morgan fingerprint density at radius 2 is 1.09 bits per heavy atom. The minimum Gasteiger partial charge on any atom is -0.400 e. The predicted octanol–water partition coefficient (Wildman–Crippen LogP) is 11.9. The minimum atomic E-state index is -0.554. The minimum absolute atomic E-state index is 0. The first-order chi connectivity index (χ1) is 26.1. The zero-order chi connectivity index (χ0) is 38.4. The summed E-state index contributed by atoms with van der Waals surface area (Å²) < 4.78 is 45.6. The third-order valence-corrected chi connectivity index (χ3v) is 10.4. The SMILES string of the molecule is C.CN(C)c1ccc(Cc2cc3scnc3c(-c3cccc(Cl)c3)c2F)cn1.CO.Fc1ccc(Cc2cc3scnc3c(-c3cccc(Cl)c3)c2F)cn1. The van der Waals surface area contributed by atoms with Crippen LogP contribution in [0.5, 0.6) is 0 Å².